The monoisotopic (exact) mass is 445 g/mol. The average molecular weight is 445 g/mol. The highest BCUT2D eigenvalue weighted by atomic mass is 32.2. The Morgan fingerprint density at radius 2 is 2.07 bits per heavy atom. The molecule has 1 aliphatic heterocycles. The second-order valence-electron chi connectivity index (χ2n) is 5.87. The Labute approximate surface area is 180 Å². The topological polar surface area (TPSA) is 120 Å². The molecular weight excluding hydrogens is 430 g/mol. The summed E-state index contributed by atoms with van der Waals surface area (Å²) in [7, 11) is 1.44. The van der Waals surface area contributed by atoms with Crippen LogP contribution in [-0.2, 0) is 9.59 Å². The molecule has 9 nitrogen and oxygen atoms in total. The zero-order valence-electron chi connectivity index (χ0n) is 15.5. The third kappa shape index (κ3) is 5.13. The van der Waals surface area contributed by atoms with Crippen molar-refractivity contribution in [3.8, 4) is 11.5 Å². The zero-order valence-corrected chi connectivity index (χ0v) is 17.2. The number of rotatable bonds is 7. The molecule has 2 aromatic carbocycles. The molecule has 154 valence electrons. The number of thioether (sulfide) groups is 1. The smallest absolute Gasteiger partial charge is 0.292 e. The molecule has 0 spiro atoms. The molecule has 30 heavy (non-hydrogen) atoms. The molecule has 0 aromatic heterocycles. The number of ether oxygens (including phenoxy) is 2. The van der Waals surface area contributed by atoms with Crippen LogP contribution in [0.3, 0.4) is 0 Å². The fourth-order valence-corrected chi connectivity index (χ4v) is 3.58. The van der Waals surface area contributed by atoms with Gasteiger partial charge in [-0.3, -0.25) is 19.7 Å². The number of nitro benzene ring substituents is 1. The van der Waals surface area contributed by atoms with Crippen LogP contribution < -0.4 is 20.1 Å². The molecule has 0 aliphatic carbocycles. The third-order valence-electron chi connectivity index (χ3n) is 3.86. The predicted octanol–water partition coefficient (Wildman–Crippen LogP) is 3.11. The van der Waals surface area contributed by atoms with Crippen LogP contribution in [0.4, 0.5) is 11.4 Å². The number of benzene rings is 2. The molecule has 0 atom stereocenters. The SMILES string of the molecule is COc1cc(/C=C2/SC(=S)NC2=O)ccc1OCC(=O)Nc1ccccc1[N+](=O)[O-]. The van der Waals surface area contributed by atoms with Crippen molar-refractivity contribution in [2.45, 2.75) is 0 Å². The maximum Gasteiger partial charge on any atom is 0.292 e. The van der Waals surface area contributed by atoms with Gasteiger partial charge in [0, 0.05) is 6.07 Å². The number of para-hydroxylation sites is 2. The van der Waals surface area contributed by atoms with E-state index in [4.69, 9.17) is 21.7 Å². The third-order valence-corrected chi connectivity index (χ3v) is 5.02. The molecule has 0 radical (unpaired) electrons. The van der Waals surface area contributed by atoms with Crippen molar-refractivity contribution in [2.75, 3.05) is 19.0 Å². The second kappa shape index (κ2) is 9.37. The summed E-state index contributed by atoms with van der Waals surface area (Å²) >= 11 is 6.12. The van der Waals surface area contributed by atoms with E-state index in [1.165, 1.54) is 25.3 Å². The van der Waals surface area contributed by atoms with Crippen LogP contribution in [0.2, 0.25) is 0 Å². The first-order valence-corrected chi connectivity index (χ1v) is 9.69. The first kappa shape index (κ1) is 21.3. The highest BCUT2D eigenvalue weighted by Crippen LogP contribution is 2.31. The quantitative estimate of drug-likeness (QED) is 0.289. The van der Waals surface area contributed by atoms with Crippen molar-refractivity contribution in [2.24, 2.45) is 0 Å². The minimum Gasteiger partial charge on any atom is -0.493 e. The Balaban J connectivity index is 1.68. The van der Waals surface area contributed by atoms with Crippen LogP contribution in [-0.4, -0.2) is 34.8 Å². The number of hydrogen-bond donors (Lipinski definition) is 2. The van der Waals surface area contributed by atoms with Gasteiger partial charge < -0.3 is 20.1 Å². The normalized spacial score (nSPS) is 14.4. The highest BCUT2D eigenvalue weighted by Gasteiger charge is 2.22. The summed E-state index contributed by atoms with van der Waals surface area (Å²) in [6.07, 6.45) is 1.66. The maximum absolute atomic E-state index is 12.2. The predicted molar refractivity (Wildman–Crippen MR) is 117 cm³/mol. The molecule has 2 N–H and O–H groups in total. The number of carbonyl (C=O) groups excluding carboxylic acids is 2. The van der Waals surface area contributed by atoms with Gasteiger partial charge in [-0.05, 0) is 29.8 Å². The second-order valence-corrected chi connectivity index (χ2v) is 7.59. The molecule has 1 fully saturated rings. The summed E-state index contributed by atoms with van der Waals surface area (Å²) in [6, 6.07) is 10.8. The van der Waals surface area contributed by atoms with Crippen LogP contribution in [0.25, 0.3) is 6.08 Å². The molecule has 0 unspecified atom stereocenters. The summed E-state index contributed by atoms with van der Waals surface area (Å²) in [5.41, 5.74) is 0.551. The molecule has 11 heteroatoms. The number of thiocarbonyl (C=S) groups is 1. The summed E-state index contributed by atoms with van der Waals surface area (Å²) < 4.78 is 11.2. The van der Waals surface area contributed by atoms with E-state index in [1.54, 1.807) is 30.3 Å². The van der Waals surface area contributed by atoms with Gasteiger partial charge in [-0.25, -0.2) is 0 Å². The fourth-order valence-electron chi connectivity index (χ4n) is 2.53. The highest BCUT2D eigenvalue weighted by molar-refractivity contribution is 8.26. The lowest BCUT2D eigenvalue weighted by atomic mass is 10.2. The number of anilines is 1. The number of hydrogen-bond acceptors (Lipinski definition) is 8. The molecule has 1 saturated heterocycles. The van der Waals surface area contributed by atoms with Gasteiger partial charge in [0.1, 0.15) is 10.0 Å². The van der Waals surface area contributed by atoms with E-state index in [-0.39, 0.29) is 23.9 Å². The first-order chi connectivity index (χ1) is 14.4. The molecule has 2 aromatic rings. The Hall–Kier alpha value is -3.44. The van der Waals surface area contributed by atoms with E-state index in [0.29, 0.717) is 26.3 Å². The number of methoxy groups -OCH3 is 1. The van der Waals surface area contributed by atoms with E-state index in [2.05, 4.69) is 10.6 Å². The van der Waals surface area contributed by atoms with E-state index in [1.807, 2.05) is 0 Å². The van der Waals surface area contributed by atoms with Crippen LogP contribution in [0.5, 0.6) is 11.5 Å². The van der Waals surface area contributed by atoms with Crippen LogP contribution in [0.1, 0.15) is 5.56 Å². The number of nitrogens with one attached hydrogen (secondary N) is 2. The van der Waals surface area contributed by atoms with E-state index in [0.717, 1.165) is 11.8 Å². The van der Waals surface area contributed by atoms with Crippen LogP contribution >= 0.6 is 24.0 Å². The molecule has 1 aliphatic rings. The number of carbonyl (C=O) groups is 2. The summed E-state index contributed by atoms with van der Waals surface area (Å²) in [6.45, 7) is -0.380. The minimum atomic E-state index is -0.581. The van der Waals surface area contributed by atoms with E-state index in [9.17, 15) is 19.7 Å². The van der Waals surface area contributed by atoms with Gasteiger partial charge in [0.2, 0.25) is 0 Å². The first-order valence-electron chi connectivity index (χ1n) is 8.46. The number of nitro groups is 1. The van der Waals surface area contributed by atoms with Gasteiger partial charge in [0.25, 0.3) is 17.5 Å². The van der Waals surface area contributed by atoms with Crippen molar-refractivity contribution in [3.05, 3.63) is 63.0 Å². The molecule has 2 amide bonds. The van der Waals surface area contributed by atoms with Crippen molar-refractivity contribution in [3.63, 3.8) is 0 Å². The molecular formula is C19H15N3O6S2. The Kier molecular flexibility index (Phi) is 6.65. The van der Waals surface area contributed by atoms with Gasteiger partial charge in [-0.2, -0.15) is 0 Å². The number of nitrogens with zero attached hydrogens (tertiary/aromatic N) is 1. The molecule has 3 rings (SSSR count). The van der Waals surface area contributed by atoms with Crippen LogP contribution in [0, 0.1) is 10.1 Å². The molecule has 1 heterocycles. The van der Waals surface area contributed by atoms with Gasteiger partial charge in [-0.15, -0.1) is 0 Å². The fraction of sp³-hybridized carbons (Fsp3) is 0.105. The Morgan fingerprint density at radius 1 is 1.30 bits per heavy atom. The molecule has 0 saturated carbocycles. The van der Waals surface area contributed by atoms with Gasteiger partial charge in [0.15, 0.2) is 18.1 Å². The van der Waals surface area contributed by atoms with Crippen molar-refractivity contribution in [1.82, 2.24) is 5.32 Å². The van der Waals surface area contributed by atoms with Gasteiger partial charge >= 0.3 is 0 Å². The lowest BCUT2D eigenvalue weighted by Crippen LogP contribution is -2.20. The maximum atomic E-state index is 12.2. The standard InChI is InChI=1S/C19H15N3O6S2/c1-27-15-8-11(9-16-18(24)21-19(29)30-16)6-7-14(15)28-10-17(23)20-12-4-2-3-5-13(12)22(25)26/h2-9H,10H2,1H3,(H,20,23)(H,21,24,29)/b16-9+. The Bertz CT molecular complexity index is 1070. The minimum absolute atomic E-state index is 0.0790. The zero-order chi connectivity index (χ0) is 21.7. The van der Waals surface area contributed by atoms with Gasteiger partial charge in [0.05, 0.1) is 16.9 Å². The van der Waals surface area contributed by atoms with Crippen LogP contribution in [0.15, 0.2) is 47.4 Å². The summed E-state index contributed by atoms with van der Waals surface area (Å²) in [5.74, 6) is -0.175. The van der Waals surface area contributed by atoms with Gasteiger partial charge in [-0.1, -0.05) is 42.2 Å². The Morgan fingerprint density at radius 3 is 2.73 bits per heavy atom. The van der Waals surface area contributed by atoms with E-state index >= 15 is 0 Å². The van der Waals surface area contributed by atoms with Crippen molar-refractivity contribution < 1.29 is 24.0 Å². The summed E-state index contributed by atoms with van der Waals surface area (Å²) in [5, 5.41) is 16.0. The lowest BCUT2D eigenvalue weighted by Gasteiger charge is -2.12. The van der Waals surface area contributed by atoms with Crippen molar-refractivity contribution >= 4 is 57.6 Å². The van der Waals surface area contributed by atoms with Crippen molar-refractivity contribution in [1.29, 1.82) is 0 Å². The summed E-state index contributed by atoms with van der Waals surface area (Å²) in [4.78, 5) is 34.8. The lowest BCUT2D eigenvalue weighted by molar-refractivity contribution is -0.383. The average Bonchev–Trinajstić information content (AvgIpc) is 3.03. The van der Waals surface area contributed by atoms with E-state index < -0.39 is 10.8 Å². The molecule has 0 bridgehead atoms. The number of amides is 2. The largest absolute Gasteiger partial charge is 0.493 e.